The summed E-state index contributed by atoms with van der Waals surface area (Å²) in [6.07, 6.45) is -0.140. The normalized spacial score (nSPS) is 10.1. The first kappa shape index (κ1) is 20.7. The fraction of sp³-hybridized carbons (Fsp3) is 0.211. The predicted molar refractivity (Wildman–Crippen MR) is 104 cm³/mol. The third-order valence-electron chi connectivity index (χ3n) is 3.46. The molecule has 0 heterocycles. The van der Waals surface area contributed by atoms with E-state index >= 15 is 0 Å². The monoisotopic (exact) mass is 408 g/mol. The van der Waals surface area contributed by atoms with Crippen LogP contribution in [0.4, 0.5) is 5.69 Å². The van der Waals surface area contributed by atoms with Gasteiger partial charge in [0.25, 0.3) is 5.91 Å². The van der Waals surface area contributed by atoms with Crippen LogP contribution in [0.1, 0.15) is 18.4 Å². The lowest BCUT2D eigenvalue weighted by Gasteiger charge is -2.09. The summed E-state index contributed by atoms with van der Waals surface area (Å²) in [7, 11) is 0. The Morgan fingerprint density at radius 1 is 0.926 bits per heavy atom. The third-order valence-corrected chi connectivity index (χ3v) is 4.02. The molecule has 0 saturated carbocycles. The van der Waals surface area contributed by atoms with E-state index in [4.69, 9.17) is 27.9 Å². The molecule has 8 heteroatoms. The maximum atomic E-state index is 11.8. The third kappa shape index (κ3) is 7.68. The first-order valence-corrected chi connectivity index (χ1v) is 8.91. The maximum Gasteiger partial charge on any atom is 0.306 e. The van der Waals surface area contributed by atoms with Gasteiger partial charge in [-0.2, -0.15) is 0 Å². The average Bonchev–Trinajstić information content (AvgIpc) is 2.66. The van der Waals surface area contributed by atoms with E-state index in [0.29, 0.717) is 22.3 Å². The molecule has 6 nitrogen and oxygen atoms in total. The number of nitrogens with one attached hydrogen (secondary N) is 2. The van der Waals surface area contributed by atoms with Gasteiger partial charge in [-0.25, -0.2) is 0 Å². The number of carbonyl (C=O) groups excluding carboxylic acids is 3. The van der Waals surface area contributed by atoms with Crippen molar-refractivity contribution in [2.24, 2.45) is 0 Å². The molecule has 0 saturated heterocycles. The number of amides is 2. The van der Waals surface area contributed by atoms with E-state index in [9.17, 15) is 14.4 Å². The van der Waals surface area contributed by atoms with Gasteiger partial charge >= 0.3 is 5.97 Å². The van der Waals surface area contributed by atoms with Crippen molar-refractivity contribution >= 4 is 46.7 Å². The zero-order valence-electron chi connectivity index (χ0n) is 14.3. The van der Waals surface area contributed by atoms with Crippen LogP contribution in [0.5, 0.6) is 0 Å². The summed E-state index contributed by atoms with van der Waals surface area (Å²) in [4.78, 5) is 35.2. The smallest absolute Gasteiger partial charge is 0.306 e. The van der Waals surface area contributed by atoms with Crippen LogP contribution in [0.15, 0.2) is 48.5 Å². The average molecular weight is 409 g/mol. The molecule has 0 radical (unpaired) electrons. The van der Waals surface area contributed by atoms with Gasteiger partial charge in [0.15, 0.2) is 6.61 Å². The molecule has 0 aromatic heterocycles. The van der Waals surface area contributed by atoms with Crippen molar-refractivity contribution in [3.8, 4) is 0 Å². The molecule has 0 aliphatic carbocycles. The number of rotatable bonds is 8. The minimum absolute atomic E-state index is 0.0204. The molecule has 2 rings (SSSR count). The minimum atomic E-state index is -0.641. The highest BCUT2D eigenvalue weighted by Crippen LogP contribution is 2.25. The first-order valence-electron chi connectivity index (χ1n) is 8.15. The van der Waals surface area contributed by atoms with Gasteiger partial charge in [0.05, 0.1) is 17.1 Å². The van der Waals surface area contributed by atoms with E-state index in [1.54, 1.807) is 12.1 Å². The van der Waals surface area contributed by atoms with Crippen LogP contribution in [-0.2, 0) is 25.7 Å². The second kappa shape index (κ2) is 10.5. The molecular formula is C19H18Cl2N2O4. The zero-order valence-corrected chi connectivity index (χ0v) is 15.8. The van der Waals surface area contributed by atoms with E-state index in [-0.39, 0.29) is 18.7 Å². The van der Waals surface area contributed by atoms with Gasteiger partial charge in [-0.1, -0.05) is 53.5 Å². The van der Waals surface area contributed by atoms with Crippen LogP contribution in [0.2, 0.25) is 10.0 Å². The van der Waals surface area contributed by atoms with Gasteiger partial charge in [0, 0.05) is 18.0 Å². The number of hydrogen-bond acceptors (Lipinski definition) is 4. The van der Waals surface area contributed by atoms with Crippen molar-refractivity contribution in [3.05, 3.63) is 64.1 Å². The SMILES string of the molecule is O=C(CCC(=O)OCC(=O)Nc1cc(Cl)ccc1Cl)NCc1ccccc1. The lowest BCUT2D eigenvalue weighted by Crippen LogP contribution is -2.25. The van der Waals surface area contributed by atoms with Crippen LogP contribution >= 0.6 is 23.2 Å². The molecule has 0 aliphatic rings. The van der Waals surface area contributed by atoms with Crippen molar-refractivity contribution in [2.75, 3.05) is 11.9 Å². The molecule has 0 bridgehead atoms. The molecule has 0 spiro atoms. The highest BCUT2D eigenvalue weighted by Gasteiger charge is 2.12. The van der Waals surface area contributed by atoms with Crippen LogP contribution in [-0.4, -0.2) is 24.4 Å². The Balaban J connectivity index is 1.65. The molecule has 0 aliphatic heterocycles. The molecule has 0 fully saturated rings. The molecule has 2 aromatic rings. The summed E-state index contributed by atoms with van der Waals surface area (Å²) in [6.45, 7) is -0.0924. The number of halogens is 2. The standard InChI is InChI=1S/C19H18Cl2N2O4/c20-14-6-7-15(21)16(10-14)23-18(25)12-27-19(26)9-8-17(24)22-11-13-4-2-1-3-5-13/h1-7,10H,8-9,11-12H2,(H,22,24)(H,23,25). The van der Waals surface area contributed by atoms with Crippen molar-refractivity contribution in [2.45, 2.75) is 19.4 Å². The molecule has 0 unspecified atom stereocenters. The second-order valence-electron chi connectivity index (χ2n) is 5.60. The van der Waals surface area contributed by atoms with Crippen LogP contribution in [0.3, 0.4) is 0 Å². The van der Waals surface area contributed by atoms with Crippen LogP contribution < -0.4 is 10.6 Å². The van der Waals surface area contributed by atoms with Crippen molar-refractivity contribution < 1.29 is 19.1 Å². The molecule has 142 valence electrons. The Morgan fingerprint density at radius 3 is 2.41 bits per heavy atom. The summed E-state index contributed by atoms with van der Waals surface area (Å²) in [5.74, 6) is -1.47. The van der Waals surface area contributed by atoms with Gasteiger partial charge in [0.1, 0.15) is 0 Å². The largest absolute Gasteiger partial charge is 0.456 e. The van der Waals surface area contributed by atoms with E-state index in [0.717, 1.165) is 5.56 Å². The Kier molecular flexibility index (Phi) is 8.10. The number of ether oxygens (including phenoxy) is 1. The van der Waals surface area contributed by atoms with Crippen LogP contribution in [0.25, 0.3) is 0 Å². The van der Waals surface area contributed by atoms with Crippen molar-refractivity contribution in [1.29, 1.82) is 0 Å². The van der Waals surface area contributed by atoms with Crippen molar-refractivity contribution in [3.63, 3.8) is 0 Å². The molecule has 0 atom stereocenters. The fourth-order valence-electron chi connectivity index (χ4n) is 2.10. The number of esters is 1. The zero-order chi connectivity index (χ0) is 19.6. The molecule has 27 heavy (non-hydrogen) atoms. The van der Waals surface area contributed by atoms with Crippen LogP contribution in [0, 0.1) is 0 Å². The van der Waals surface area contributed by atoms with E-state index < -0.39 is 18.5 Å². The first-order chi connectivity index (χ1) is 12.9. The summed E-state index contributed by atoms with van der Waals surface area (Å²) >= 11 is 11.8. The Bertz CT molecular complexity index is 813. The quantitative estimate of drug-likeness (QED) is 0.653. The molecule has 2 aromatic carbocycles. The van der Waals surface area contributed by atoms with Gasteiger partial charge < -0.3 is 15.4 Å². The summed E-state index contributed by atoms with van der Waals surface area (Å²) in [5.41, 5.74) is 1.29. The van der Waals surface area contributed by atoms with E-state index in [1.165, 1.54) is 6.07 Å². The second-order valence-corrected chi connectivity index (χ2v) is 6.44. The van der Waals surface area contributed by atoms with E-state index in [1.807, 2.05) is 30.3 Å². The Hall–Kier alpha value is -2.57. The molecule has 2 amide bonds. The molecule has 2 N–H and O–H groups in total. The summed E-state index contributed by atoms with van der Waals surface area (Å²) in [6, 6.07) is 14.0. The summed E-state index contributed by atoms with van der Waals surface area (Å²) < 4.78 is 4.85. The lowest BCUT2D eigenvalue weighted by molar-refractivity contribution is -0.148. The summed E-state index contributed by atoms with van der Waals surface area (Å²) in [5, 5.41) is 5.93. The Morgan fingerprint density at radius 2 is 1.67 bits per heavy atom. The molecular weight excluding hydrogens is 391 g/mol. The Labute approximate surface area is 166 Å². The van der Waals surface area contributed by atoms with Gasteiger partial charge in [0.2, 0.25) is 5.91 Å². The fourth-order valence-corrected chi connectivity index (χ4v) is 2.44. The highest BCUT2D eigenvalue weighted by atomic mass is 35.5. The lowest BCUT2D eigenvalue weighted by atomic mass is 10.2. The maximum absolute atomic E-state index is 11.8. The predicted octanol–water partition coefficient (Wildman–Crippen LogP) is 3.57. The number of hydrogen-bond donors (Lipinski definition) is 2. The highest BCUT2D eigenvalue weighted by molar-refractivity contribution is 6.35. The van der Waals surface area contributed by atoms with Gasteiger partial charge in [-0.3, -0.25) is 14.4 Å². The number of benzene rings is 2. The topological polar surface area (TPSA) is 84.5 Å². The minimum Gasteiger partial charge on any atom is -0.456 e. The van der Waals surface area contributed by atoms with Crippen molar-refractivity contribution in [1.82, 2.24) is 5.32 Å². The van der Waals surface area contributed by atoms with Gasteiger partial charge in [-0.15, -0.1) is 0 Å². The van der Waals surface area contributed by atoms with E-state index in [2.05, 4.69) is 10.6 Å². The van der Waals surface area contributed by atoms with Gasteiger partial charge in [-0.05, 0) is 23.8 Å². The number of anilines is 1. The number of carbonyl (C=O) groups is 3.